The van der Waals surface area contributed by atoms with E-state index in [0.29, 0.717) is 24.2 Å². The maximum absolute atomic E-state index is 13.5. The minimum absolute atomic E-state index is 0.0227. The number of benzene rings is 1. The summed E-state index contributed by atoms with van der Waals surface area (Å²) in [5, 5.41) is 2.74. The number of anilines is 1. The molecular formula is C28H34ClF3N2O2. The molecule has 2 amide bonds. The molecule has 1 unspecified atom stereocenters. The number of hydrogen-bond donors (Lipinski definition) is 1. The number of nitrogens with zero attached hydrogens (tertiary/aromatic N) is 1. The molecule has 1 saturated heterocycles. The van der Waals surface area contributed by atoms with Crippen molar-refractivity contribution in [3.63, 3.8) is 0 Å². The lowest BCUT2D eigenvalue weighted by molar-refractivity contribution is -0.138. The molecule has 196 valence electrons. The van der Waals surface area contributed by atoms with Crippen LogP contribution in [0.5, 0.6) is 0 Å². The van der Waals surface area contributed by atoms with Crippen LogP contribution in [0.3, 0.4) is 0 Å². The Morgan fingerprint density at radius 1 is 1.14 bits per heavy atom. The van der Waals surface area contributed by atoms with Gasteiger partial charge in [-0.25, -0.2) is 0 Å². The van der Waals surface area contributed by atoms with Gasteiger partial charge in [0.05, 0.1) is 16.3 Å². The van der Waals surface area contributed by atoms with Crippen molar-refractivity contribution in [3.8, 4) is 0 Å². The number of halogens is 4. The number of carbonyl (C=O) groups is 2. The van der Waals surface area contributed by atoms with E-state index in [2.05, 4.69) is 26.1 Å². The molecule has 1 N–H and O–H groups in total. The highest BCUT2D eigenvalue weighted by atomic mass is 35.5. The zero-order valence-electron chi connectivity index (χ0n) is 21.3. The van der Waals surface area contributed by atoms with Crippen molar-refractivity contribution in [2.45, 2.75) is 71.9 Å². The van der Waals surface area contributed by atoms with Gasteiger partial charge < -0.3 is 10.2 Å². The SMILES string of the molecule is CC1=C2N(C)C(=O)CC[C@]2(C)[C@@H]2CC[C@]3(C)C(C(=O)Nc4ccc(C(F)(F)F)cc4Cl)CC[C@H]3[C@@H]2C1. The molecular weight excluding hydrogens is 489 g/mol. The van der Waals surface area contributed by atoms with Gasteiger partial charge in [0, 0.05) is 30.5 Å². The number of amides is 2. The zero-order valence-corrected chi connectivity index (χ0v) is 22.0. The molecule has 0 spiro atoms. The van der Waals surface area contributed by atoms with Gasteiger partial charge in [-0.15, -0.1) is 0 Å². The lowest BCUT2D eigenvalue weighted by Gasteiger charge is -2.59. The molecule has 36 heavy (non-hydrogen) atoms. The summed E-state index contributed by atoms with van der Waals surface area (Å²) >= 11 is 6.12. The molecule has 6 atom stereocenters. The van der Waals surface area contributed by atoms with Crippen LogP contribution in [0, 0.1) is 34.5 Å². The second kappa shape index (κ2) is 8.50. The van der Waals surface area contributed by atoms with E-state index in [1.165, 1.54) is 17.3 Å². The Labute approximate surface area is 215 Å². The van der Waals surface area contributed by atoms with E-state index in [0.717, 1.165) is 50.7 Å². The molecule has 3 fully saturated rings. The van der Waals surface area contributed by atoms with E-state index >= 15 is 0 Å². The molecule has 0 radical (unpaired) electrons. The van der Waals surface area contributed by atoms with Crippen LogP contribution in [-0.2, 0) is 15.8 Å². The van der Waals surface area contributed by atoms with Crippen molar-refractivity contribution in [2.75, 3.05) is 12.4 Å². The predicted octanol–water partition coefficient (Wildman–Crippen LogP) is 7.29. The number of fused-ring (bicyclic) bond motifs is 5. The Morgan fingerprint density at radius 3 is 2.53 bits per heavy atom. The van der Waals surface area contributed by atoms with E-state index < -0.39 is 11.7 Å². The molecule has 0 aromatic heterocycles. The van der Waals surface area contributed by atoms with E-state index in [1.807, 2.05) is 11.9 Å². The van der Waals surface area contributed by atoms with Crippen LogP contribution in [-0.4, -0.2) is 23.8 Å². The normalized spacial score (nSPS) is 36.3. The quantitative estimate of drug-likeness (QED) is 0.443. The monoisotopic (exact) mass is 522 g/mol. The van der Waals surface area contributed by atoms with Gasteiger partial charge in [-0.1, -0.05) is 31.0 Å². The summed E-state index contributed by atoms with van der Waals surface area (Å²) in [7, 11) is 1.91. The second-order valence-corrected chi connectivity index (χ2v) is 12.3. The second-order valence-electron chi connectivity index (χ2n) is 11.9. The molecule has 4 nitrogen and oxygen atoms in total. The average Bonchev–Trinajstić information content (AvgIpc) is 3.15. The fraction of sp³-hybridized carbons (Fsp3) is 0.643. The van der Waals surface area contributed by atoms with Crippen molar-refractivity contribution < 1.29 is 22.8 Å². The number of carbonyl (C=O) groups excluding carboxylic acids is 2. The van der Waals surface area contributed by atoms with Crippen LogP contribution >= 0.6 is 11.6 Å². The maximum atomic E-state index is 13.5. The highest BCUT2D eigenvalue weighted by Gasteiger charge is 2.61. The maximum Gasteiger partial charge on any atom is 0.416 e. The first-order valence-corrected chi connectivity index (χ1v) is 13.3. The number of allylic oxidation sites excluding steroid dienone is 2. The van der Waals surface area contributed by atoms with Gasteiger partial charge in [0.1, 0.15) is 0 Å². The Morgan fingerprint density at radius 2 is 1.86 bits per heavy atom. The molecule has 4 aliphatic rings. The van der Waals surface area contributed by atoms with Crippen LogP contribution in [0.1, 0.15) is 71.3 Å². The summed E-state index contributed by atoms with van der Waals surface area (Å²) in [6.45, 7) is 6.73. The lowest BCUT2D eigenvalue weighted by Crippen LogP contribution is -2.54. The first kappa shape index (κ1) is 25.6. The van der Waals surface area contributed by atoms with Crippen molar-refractivity contribution in [2.24, 2.45) is 34.5 Å². The topological polar surface area (TPSA) is 49.4 Å². The number of nitrogens with one attached hydrogen (secondary N) is 1. The minimum atomic E-state index is -4.49. The van der Waals surface area contributed by atoms with Gasteiger partial charge in [-0.05, 0) is 86.8 Å². The standard InChI is InChI=1S/C28H34ClF3N2O2/c1-15-13-17-18-6-7-20(25(36)33-22-8-5-16(14-21(22)29)28(30,31)32)26(18,2)11-9-19(17)27(3)12-10-23(35)34(4)24(15)27/h5,8,14,17-20H,6-7,9-13H2,1-4H3,(H,33,36)/t17-,18-,19+,20?,26-,27+/m0/s1. The fourth-order valence-corrected chi connectivity index (χ4v) is 8.78. The Bertz CT molecular complexity index is 1150. The van der Waals surface area contributed by atoms with Crippen molar-refractivity contribution in [1.82, 2.24) is 4.90 Å². The fourth-order valence-electron chi connectivity index (χ4n) is 8.55. The van der Waals surface area contributed by atoms with Gasteiger partial charge in [0.2, 0.25) is 11.8 Å². The number of likely N-dealkylation sites (tertiary alicyclic amines) is 1. The summed E-state index contributed by atoms with van der Waals surface area (Å²) in [6, 6.07) is 3.06. The van der Waals surface area contributed by atoms with Gasteiger partial charge in [-0.2, -0.15) is 13.2 Å². The van der Waals surface area contributed by atoms with Crippen LogP contribution in [0.25, 0.3) is 0 Å². The number of piperidine rings is 1. The average molecular weight is 523 g/mol. The van der Waals surface area contributed by atoms with Crippen LogP contribution in [0.4, 0.5) is 18.9 Å². The van der Waals surface area contributed by atoms with Gasteiger partial charge >= 0.3 is 6.18 Å². The van der Waals surface area contributed by atoms with Crippen LogP contribution < -0.4 is 5.32 Å². The molecule has 0 bridgehead atoms. The third-order valence-corrected chi connectivity index (χ3v) is 10.5. The molecule has 1 heterocycles. The highest BCUT2D eigenvalue weighted by molar-refractivity contribution is 6.33. The van der Waals surface area contributed by atoms with Crippen molar-refractivity contribution in [1.29, 1.82) is 0 Å². The molecule has 1 aliphatic heterocycles. The highest BCUT2D eigenvalue weighted by Crippen LogP contribution is 2.67. The summed E-state index contributed by atoms with van der Waals surface area (Å²) < 4.78 is 39.0. The summed E-state index contributed by atoms with van der Waals surface area (Å²) in [5.41, 5.74) is 1.70. The third kappa shape index (κ3) is 3.79. The molecule has 3 aliphatic carbocycles. The molecule has 1 aromatic carbocycles. The van der Waals surface area contributed by atoms with E-state index in [1.54, 1.807) is 0 Å². The smallest absolute Gasteiger partial charge is 0.325 e. The van der Waals surface area contributed by atoms with E-state index in [4.69, 9.17) is 11.6 Å². The molecule has 2 saturated carbocycles. The number of hydrogen-bond acceptors (Lipinski definition) is 2. The predicted molar refractivity (Wildman–Crippen MR) is 133 cm³/mol. The van der Waals surface area contributed by atoms with Crippen molar-refractivity contribution in [3.05, 3.63) is 40.1 Å². The Balaban J connectivity index is 1.38. The number of alkyl halides is 3. The summed E-state index contributed by atoms with van der Waals surface area (Å²) in [4.78, 5) is 27.8. The zero-order chi connectivity index (χ0) is 26.2. The summed E-state index contributed by atoms with van der Waals surface area (Å²) in [6.07, 6.45) is 1.59. The van der Waals surface area contributed by atoms with Gasteiger partial charge in [0.15, 0.2) is 0 Å². The van der Waals surface area contributed by atoms with Gasteiger partial charge in [0.25, 0.3) is 0 Å². The third-order valence-electron chi connectivity index (χ3n) is 10.2. The summed E-state index contributed by atoms with van der Waals surface area (Å²) in [5.74, 6) is 1.17. The number of rotatable bonds is 2. The van der Waals surface area contributed by atoms with Crippen LogP contribution in [0.15, 0.2) is 29.5 Å². The Kier molecular flexibility index (Phi) is 6.05. The first-order valence-electron chi connectivity index (χ1n) is 12.9. The lowest BCUT2D eigenvalue weighted by atomic mass is 9.48. The van der Waals surface area contributed by atoms with E-state index in [-0.39, 0.29) is 39.3 Å². The molecule has 5 rings (SSSR count). The minimum Gasteiger partial charge on any atom is -0.325 e. The van der Waals surface area contributed by atoms with Crippen LogP contribution in [0.2, 0.25) is 5.02 Å². The molecule has 8 heteroatoms. The van der Waals surface area contributed by atoms with Gasteiger partial charge in [-0.3, -0.25) is 9.59 Å². The Hall–Kier alpha value is -2.02. The van der Waals surface area contributed by atoms with Crippen molar-refractivity contribution >= 4 is 29.1 Å². The van der Waals surface area contributed by atoms with E-state index in [9.17, 15) is 22.8 Å². The molecule has 1 aromatic rings. The largest absolute Gasteiger partial charge is 0.416 e. The first-order chi connectivity index (χ1) is 16.8.